The minimum Gasteiger partial charge on any atom is -0.286 e. The van der Waals surface area contributed by atoms with Crippen molar-refractivity contribution in [3.05, 3.63) is 12.2 Å². The van der Waals surface area contributed by atoms with Crippen molar-refractivity contribution >= 4 is 10.1 Å². The zero-order chi connectivity index (χ0) is 15.8. The van der Waals surface area contributed by atoms with Gasteiger partial charge in [-0.05, 0) is 25.7 Å². The van der Waals surface area contributed by atoms with Crippen LogP contribution in [0.15, 0.2) is 12.2 Å². The lowest BCUT2D eigenvalue weighted by Gasteiger charge is -2.01. The Morgan fingerprint density at radius 3 is 1.62 bits per heavy atom. The van der Waals surface area contributed by atoms with Crippen LogP contribution >= 0.6 is 0 Å². The summed E-state index contributed by atoms with van der Waals surface area (Å²) in [4.78, 5) is 0. The Morgan fingerprint density at radius 1 is 0.714 bits per heavy atom. The molecule has 0 unspecified atom stereocenters. The van der Waals surface area contributed by atoms with E-state index in [1.54, 1.807) is 0 Å². The smallest absolute Gasteiger partial charge is 0.264 e. The highest BCUT2D eigenvalue weighted by molar-refractivity contribution is 7.85. The summed E-state index contributed by atoms with van der Waals surface area (Å²) in [7, 11) is -3.78. The summed E-state index contributed by atoms with van der Waals surface area (Å²) >= 11 is 0. The monoisotopic (exact) mass is 318 g/mol. The molecule has 0 amide bonds. The van der Waals surface area contributed by atoms with E-state index in [9.17, 15) is 8.42 Å². The Balaban J connectivity index is 3.15. The third-order valence-corrected chi connectivity index (χ3v) is 4.47. The van der Waals surface area contributed by atoms with Crippen LogP contribution in [0.2, 0.25) is 0 Å². The average molecular weight is 319 g/mol. The van der Waals surface area contributed by atoms with Crippen molar-refractivity contribution in [3.8, 4) is 0 Å². The molecule has 0 radical (unpaired) electrons. The molecule has 0 bridgehead atoms. The maximum absolute atomic E-state index is 10.5. The van der Waals surface area contributed by atoms with Crippen molar-refractivity contribution in [1.29, 1.82) is 0 Å². The molecule has 0 aliphatic carbocycles. The van der Waals surface area contributed by atoms with Crippen LogP contribution in [-0.4, -0.2) is 18.7 Å². The van der Waals surface area contributed by atoms with E-state index >= 15 is 0 Å². The highest BCUT2D eigenvalue weighted by Crippen LogP contribution is 2.11. The van der Waals surface area contributed by atoms with Gasteiger partial charge >= 0.3 is 0 Å². The number of unbranched alkanes of at least 4 members (excludes halogenated alkanes) is 11. The Bertz CT molecular complexity index is 334. The van der Waals surface area contributed by atoms with Crippen molar-refractivity contribution in [2.45, 2.75) is 90.4 Å². The van der Waals surface area contributed by atoms with Gasteiger partial charge in [0.15, 0.2) is 0 Å². The molecule has 0 aliphatic rings. The molecular weight excluding hydrogens is 284 g/mol. The van der Waals surface area contributed by atoms with Crippen LogP contribution in [-0.2, 0) is 10.1 Å². The number of hydrogen-bond acceptors (Lipinski definition) is 2. The molecule has 0 fully saturated rings. The van der Waals surface area contributed by atoms with E-state index in [1.165, 1.54) is 64.2 Å². The second-order valence-corrected chi connectivity index (χ2v) is 7.44. The standard InChI is InChI=1S/C17H34O3S/c1-2-3-4-5-6-7-8-9-10-11-12-13-14-15-16-17-21(18,19)20/h13-14H,2-12,15-17H2,1H3,(H,18,19,20). The molecule has 126 valence electrons. The maximum atomic E-state index is 10.5. The molecule has 4 heteroatoms. The van der Waals surface area contributed by atoms with Crippen LogP contribution in [0, 0.1) is 0 Å². The molecule has 3 nitrogen and oxygen atoms in total. The minimum absolute atomic E-state index is 0.129. The molecule has 0 spiro atoms. The van der Waals surface area contributed by atoms with Crippen molar-refractivity contribution in [1.82, 2.24) is 0 Å². The van der Waals surface area contributed by atoms with Crippen molar-refractivity contribution in [2.75, 3.05) is 5.75 Å². The van der Waals surface area contributed by atoms with Crippen LogP contribution < -0.4 is 0 Å². The Kier molecular flexibility index (Phi) is 14.3. The Labute approximate surface area is 132 Å². The van der Waals surface area contributed by atoms with Crippen LogP contribution in [0.25, 0.3) is 0 Å². The lowest BCUT2D eigenvalue weighted by Crippen LogP contribution is -2.02. The normalized spacial score (nSPS) is 12.3. The van der Waals surface area contributed by atoms with Gasteiger partial charge in [-0.1, -0.05) is 76.9 Å². The van der Waals surface area contributed by atoms with Gasteiger partial charge in [0.25, 0.3) is 10.1 Å². The first-order chi connectivity index (χ1) is 10.1. The molecule has 0 aromatic rings. The first-order valence-electron chi connectivity index (χ1n) is 8.66. The molecule has 1 N–H and O–H groups in total. The Hall–Kier alpha value is -0.350. The zero-order valence-corrected chi connectivity index (χ0v) is 14.5. The molecule has 0 saturated heterocycles. The summed E-state index contributed by atoms with van der Waals surface area (Å²) in [5.74, 6) is -0.129. The topological polar surface area (TPSA) is 54.4 Å². The second-order valence-electron chi connectivity index (χ2n) is 5.87. The summed E-state index contributed by atoms with van der Waals surface area (Å²) < 4.78 is 29.6. The van der Waals surface area contributed by atoms with Gasteiger partial charge in [-0.2, -0.15) is 8.42 Å². The minimum atomic E-state index is -3.78. The fraction of sp³-hybridized carbons (Fsp3) is 0.882. The summed E-state index contributed by atoms with van der Waals surface area (Å²) in [5, 5.41) is 0. The SMILES string of the molecule is CCCCCCCCCCCCC=CCCCS(=O)(=O)O. The highest BCUT2D eigenvalue weighted by atomic mass is 32.2. The fourth-order valence-corrected chi connectivity index (χ4v) is 2.90. The van der Waals surface area contributed by atoms with E-state index in [-0.39, 0.29) is 5.75 Å². The van der Waals surface area contributed by atoms with E-state index in [4.69, 9.17) is 4.55 Å². The van der Waals surface area contributed by atoms with Gasteiger partial charge < -0.3 is 0 Å². The predicted octanol–water partition coefficient (Wildman–Crippen LogP) is 5.52. The highest BCUT2D eigenvalue weighted by Gasteiger charge is 2.01. The number of rotatable bonds is 15. The number of allylic oxidation sites excluding steroid dienone is 2. The lowest BCUT2D eigenvalue weighted by molar-refractivity contribution is 0.481. The molecular formula is C17H34O3S. The first-order valence-corrected chi connectivity index (χ1v) is 10.3. The van der Waals surface area contributed by atoms with Crippen LogP contribution in [0.5, 0.6) is 0 Å². The predicted molar refractivity (Wildman–Crippen MR) is 91.3 cm³/mol. The molecule has 0 heterocycles. The van der Waals surface area contributed by atoms with E-state index in [0.29, 0.717) is 6.42 Å². The third-order valence-electron chi connectivity index (χ3n) is 3.66. The molecule has 0 saturated carbocycles. The second kappa shape index (κ2) is 14.6. The average Bonchev–Trinajstić information content (AvgIpc) is 2.42. The lowest BCUT2D eigenvalue weighted by atomic mass is 10.1. The van der Waals surface area contributed by atoms with Gasteiger partial charge in [0, 0.05) is 0 Å². The summed E-state index contributed by atoms with van der Waals surface area (Å²) in [6.07, 6.45) is 20.0. The van der Waals surface area contributed by atoms with Crippen LogP contribution in [0.4, 0.5) is 0 Å². The summed E-state index contributed by atoms with van der Waals surface area (Å²) in [5.41, 5.74) is 0. The number of hydrogen-bond donors (Lipinski definition) is 1. The van der Waals surface area contributed by atoms with Gasteiger partial charge in [0.1, 0.15) is 0 Å². The molecule has 0 atom stereocenters. The van der Waals surface area contributed by atoms with Crippen molar-refractivity contribution < 1.29 is 13.0 Å². The molecule has 0 aromatic carbocycles. The maximum Gasteiger partial charge on any atom is 0.264 e. The van der Waals surface area contributed by atoms with Gasteiger partial charge in [0.05, 0.1) is 5.75 Å². The van der Waals surface area contributed by atoms with Crippen LogP contribution in [0.3, 0.4) is 0 Å². The molecule has 0 rings (SSSR count). The largest absolute Gasteiger partial charge is 0.286 e. The third kappa shape index (κ3) is 19.6. The molecule has 0 aromatic heterocycles. The summed E-state index contributed by atoms with van der Waals surface area (Å²) in [6.45, 7) is 2.25. The van der Waals surface area contributed by atoms with E-state index in [1.807, 2.05) is 6.08 Å². The van der Waals surface area contributed by atoms with Gasteiger partial charge in [0.2, 0.25) is 0 Å². The fourth-order valence-electron chi connectivity index (χ4n) is 2.37. The van der Waals surface area contributed by atoms with Gasteiger partial charge in [-0.25, -0.2) is 0 Å². The molecule has 21 heavy (non-hydrogen) atoms. The van der Waals surface area contributed by atoms with Gasteiger partial charge in [-0.15, -0.1) is 0 Å². The first kappa shape index (κ1) is 20.6. The van der Waals surface area contributed by atoms with E-state index < -0.39 is 10.1 Å². The quantitative estimate of drug-likeness (QED) is 0.246. The van der Waals surface area contributed by atoms with E-state index in [0.717, 1.165) is 12.8 Å². The molecule has 0 aliphatic heterocycles. The Morgan fingerprint density at radius 2 is 1.14 bits per heavy atom. The van der Waals surface area contributed by atoms with Crippen molar-refractivity contribution in [3.63, 3.8) is 0 Å². The van der Waals surface area contributed by atoms with E-state index in [2.05, 4.69) is 13.0 Å². The summed E-state index contributed by atoms with van der Waals surface area (Å²) in [6, 6.07) is 0. The van der Waals surface area contributed by atoms with Crippen molar-refractivity contribution in [2.24, 2.45) is 0 Å². The van der Waals surface area contributed by atoms with Crippen LogP contribution in [0.1, 0.15) is 90.4 Å². The van der Waals surface area contributed by atoms with Gasteiger partial charge in [-0.3, -0.25) is 4.55 Å². The zero-order valence-electron chi connectivity index (χ0n) is 13.7.